The number of nitrogens with one attached hydrogen (secondary N) is 1. The number of aliphatic hydroxyl groups is 2. The van der Waals surface area contributed by atoms with Crippen molar-refractivity contribution in [3.05, 3.63) is 24.6 Å². The molecule has 8 nitrogen and oxygen atoms in total. The van der Waals surface area contributed by atoms with Gasteiger partial charge >= 0.3 is 0 Å². The first-order valence-corrected chi connectivity index (χ1v) is 6.91. The Labute approximate surface area is 127 Å². The summed E-state index contributed by atoms with van der Waals surface area (Å²) in [7, 11) is 0. The molecule has 116 valence electrons. The Kier molecular flexibility index (Phi) is 3.55. The number of aromatic nitrogens is 4. The van der Waals surface area contributed by atoms with Gasteiger partial charge in [-0.2, -0.15) is 9.97 Å². The second-order valence-corrected chi connectivity index (χ2v) is 5.35. The minimum absolute atomic E-state index is 0.0781. The van der Waals surface area contributed by atoms with Crippen LogP contribution in [-0.4, -0.2) is 49.5 Å². The van der Waals surface area contributed by atoms with E-state index >= 15 is 0 Å². The highest BCUT2D eigenvalue weighted by molar-refractivity contribution is 5.85. The average molecular weight is 302 g/mol. The predicted molar refractivity (Wildman–Crippen MR) is 83.9 cm³/mol. The minimum Gasteiger partial charge on any atom is -0.395 e. The van der Waals surface area contributed by atoms with Crippen molar-refractivity contribution in [2.45, 2.75) is 6.42 Å². The van der Waals surface area contributed by atoms with E-state index in [9.17, 15) is 10.2 Å². The molecule has 0 aliphatic heterocycles. The Bertz CT molecular complexity index is 747. The van der Waals surface area contributed by atoms with E-state index in [1.807, 2.05) is 6.20 Å². The molecule has 2 heterocycles. The third kappa shape index (κ3) is 2.32. The molecular weight excluding hydrogens is 284 g/mol. The van der Waals surface area contributed by atoms with Crippen LogP contribution in [0.1, 0.15) is 6.42 Å². The van der Waals surface area contributed by atoms with Gasteiger partial charge in [-0.25, -0.2) is 4.98 Å². The molecule has 0 amide bonds. The van der Waals surface area contributed by atoms with Gasteiger partial charge in [-0.3, -0.25) is 4.57 Å². The molecule has 0 radical (unpaired) electrons. The zero-order valence-electron chi connectivity index (χ0n) is 12.0. The predicted octanol–water partition coefficient (Wildman–Crippen LogP) is 0.222. The van der Waals surface area contributed by atoms with Crippen LogP contribution < -0.4 is 11.1 Å². The lowest BCUT2D eigenvalue weighted by atomic mass is 10.1. The van der Waals surface area contributed by atoms with Crippen molar-refractivity contribution in [1.82, 2.24) is 19.5 Å². The molecule has 1 saturated carbocycles. The maximum Gasteiger partial charge on any atom is 0.224 e. The second-order valence-electron chi connectivity index (χ2n) is 5.35. The van der Waals surface area contributed by atoms with Crippen LogP contribution in [-0.2, 0) is 0 Å². The summed E-state index contributed by atoms with van der Waals surface area (Å²) in [4.78, 5) is 12.7. The molecule has 2 aromatic heterocycles. The lowest BCUT2D eigenvalue weighted by Gasteiger charge is -2.06. The molecule has 3 rings (SSSR count). The molecule has 1 fully saturated rings. The SMILES string of the molecule is C=CCNc1nc(N)nc2c1ncn2/C=C1\CC1(CO)CO. The van der Waals surface area contributed by atoms with Gasteiger partial charge in [-0.15, -0.1) is 6.58 Å². The first kappa shape index (κ1) is 14.5. The molecule has 1 aliphatic rings. The monoisotopic (exact) mass is 302 g/mol. The first-order valence-electron chi connectivity index (χ1n) is 6.91. The molecule has 0 unspecified atom stereocenters. The third-order valence-electron chi connectivity index (χ3n) is 3.84. The molecule has 0 saturated heterocycles. The number of aliphatic hydroxyl groups excluding tert-OH is 2. The summed E-state index contributed by atoms with van der Waals surface area (Å²) < 4.78 is 1.73. The van der Waals surface area contributed by atoms with Gasteiger partial charge in [0.05, 0.1) is 13.2 Å². The maximum absolute atomic E-state index is 9.36. The molecule has 1 aliphatic carbocycles. The van der Waals surface area contributed by atoms with Crippen LogP contribution in [0.2, 0.25) is 0 Å². The summed E-state index contributed by atoms with van der Waals surface area (Å²) >= 11 is 0. The quantitative estimate of drug-likeness (QED) is 0.563. The van der Waals surface area contributed by atoms with Gasteiger partial charge in [0.2, 0.25) is 5.95 Å². The van der Waals surface area contributed by atoms with Crippen molar-refractivity contribution in [3.63, 3.8) is 0 Å². The Balaban J connectivity index is 2.01. The molecule has 0 aromatic carbocycles. The Morgan fingerprint density at radius 1 is 1.41 bits per heavy atom. The summed E-state index contributed by atoms with van der Waals surface area (Å²) in [6, 6.07) is 0. The van der Waals surface area contributed by atoms with E-state index < -0.39 is 5.41 Å². The van der Waals surface area contributed by atoms with Gasteiger partial charge in [0.15, 0.2) is 17.0 Å². The lowest BCUT2D eigenvalue weighted by molar-refractivity contribution is 0.143. The highest BCUT2D eigenvalue weighted by Crippen LogP contribution is 2.51. The minimum atomic E-state index is -0.515. The van der Waals surface area contributed by atoms with Gasteiger partial charge in [0, 0.05) is 18.2 Å². The molecule has 0 spiro atoms. The van der Waals surface area contributed by atoms with Gasteiger partial charge in [0.1, 0.15) is 6.33 Å². The molecule has 8 heteroatoms. The van der Waals surface area contributed by atoms with Crippen molar-refractivity contribution >= 4 is 29.1 Å². The number of fused-ring (bicyclic) bond motifs is 1. The summed E-state index contributed by atoms with van der Waals surface area (Å²) in [6.45, 7) is 4.03. The number of rotatable bonds is 6. The first-order chi connectivity index (χ1) is 10.6. The van der Waals surface area contributed by atoms with E-state index in [1.54, 1.807) is 17.0 Å². The standard InChI is InChI=1S/C14H18N6O2/c1-2-3-16-11-10-12(19-13(15)18-11)20(8-17-10)5-9-4-14(9,6-21)7-22/h2,5,8,21-22H,1,3-4,6-7H2,(H3,15,16,18,19)/b9-5+. The number of anilines is 2. The number of nitrogens with zero attached hydrogens (tertiary/aromatic N) is 4. The summed E-state index contributed by atoms with van der Waals surface area (Å²) in [5.41, 5.74) is 7.36. The summed E-state index contributed by atoms with van der Waals surface area (Å²) in [6.07, 6.45) is 5.81. The van der Waals surface area contributed by atoms with E-state index in [-0.39, 0.29) is 19.2 Å². The van der Waals surface area contributed by atoms with Gasteiger partial charge < -0.3 is 21.3 Å². The van der Waals surface area contributed by atoms with Crippen LogP contribution in [0.3, 0.4) is 0 Å². The average Bonchev–Trinajstić information content (AvgIpc) is 3.09. The molecule has 22 heavy (non-hydrogen) atoms. The van der Waals surface area contributed by atoms with Crippen molar-refractivity contribution in [2.24, 2.45) is 5.41 Å². The highest BCUT2D eigenvalue weighted by atomic mass is 16.3. The van der Waals surface area contributed by atoms with Crippen molar-refractivity contribution < 1.29 is 10.2 Å². The number of nitrogen functional groups attached to an aromatic ring is 1. The Morgan fingerprint density at radius 2 is 2.18 bits per heavy atom. The third-order valence-corrected chi connectivity index (χ3v) is 3.84. The Hall–Kier alpha value is -2.45. The van der Waals surface area contributed by atoms with Crippen LogP contribution in [0, 0.1) is 5.41 Å². The highest BCUT2D eigenvalue weighted by Gasteiger charge is 2.48. The van der Waals surface area contributed by atoms with E-state index in [1.165, 1.54) is 0 Å². The smallest absolute Gasteiger partial charge is 0.224 e. The number of nitrogens with two attached hydrogens (primary N) is 1. The summed E-state index contributed by atoms with van der Waals surface area (Å²) in [5.74, 6) is 0.691. The number of hydrogen-bond donors (Lipinski definition) is 4. The van der Waals surface area contributed by atoms with Crippen molar-refractivity contribution in [1.29, 1.82) is 0 Å². The molecule has 0 bridgehead atoms. The van der Waals surface area contributed by atoms with E-state index in [2.05, 4.69) is 26.8 Å². The van der Waals surface area contributed by atoms with Crippen LogP contribution in [0.25, 0.3) is 17.4 Å². The van der Waals surface area contributed by atoms with Crippen molar-refractivity contribution in [3.8, 4) is 0 Å². The van der Waals surface area contributed by atoms with E-state index in [4.69, 9.17) is 5.73 Å². The fourth-order valence-corrected chi connectivity index (χ4v) is 2.36. The topological polar surface area (TPSA) is 122 Å². The van der Waals surface area contributed by atoms with Crippen LogP contribution in [0.5, 0.6) is 0 Å². The van der Waals surface area contributed by atoms with Crippen molar-refractivity contribution in [2.75, 3.05) is 30.8 Å². The van der Waals surface area contributed by atoms with Crippen LogP contribution in [0.15, 0.2) is 24.6 Å². The van der Waals surface area contributed by atoms with Gasteiger partial charge in [-0.05, 0) is 12.0 Å². The normalized spacial score (nSPS) is 17.8. The zero-order valence-corrected chi connectivity index (χ0v) is 12.0. The molecular formula is C14H18N6O2. The summed E-state index contributed by atoms with van der Waals surface area (Å²) in [5, 5.41) is 21.8. The van der Waals surface area contributed by atoms with Crippen LogP contribution in [0.4, 0.5) is 11.8 Å². The van der Waals surface area contributed by atoms with Crippen LogP contribution >= 0.6 is 0 Å². The maximum atomic E-state index is 9.36. The number of imidazole rings is 1. The van der Waals surface area contributed by atoms with E-state index in [0.29, 0.717) is 29.9 Å². The molecule has 2 aromatic rings. The molecule has 0 atom stereocenters. The largest absolute Gasteiger partial charge is 0.395 e. The number of hydrogen-bond acceptors (Lipinski definition) is 7. The Morgan fingerprint density at radius 3 is 2.82 bits per heavy atom. The fraction of sp³-hybridized carbons (Fsp3) is 0.357. The van der Waals surface area contributed by atoms with Gasteiger partial charge in [0.25, 0.3) is 0 Å². The fourth-order valence-electron chi connectivity index (χ4n) is 2.36. The zero-order chi connectivity index (χ0) is 15.7. The second kappa shape index (κ2) is 5.39. The lowest BCUT2D eigenvalue weighted by Crippen LogP contribution is -2.12. The molecule has 5 N–H and O–H groups in total. The van der Waals surface area contributed by atoms with Gasteiger partial charge in [-0.1, -0.05) is 6.08 Å². The van der Waals surface area contributed by atoms with E-state index in [0.717, 1.165) is 5.57 Å².